The summed E-state index contributed by atoms with van der Waals surface area (Å²) in [6.45, 7) is 3.64. The topological polar surface area (TPSA) is 72.5 Å². The number of hydrogen-bond donors (Lipinski definition) is 2. The Balaban J connectivity index is 2.78. The average Bonchev–Trinajstić information content (AvgIpc) is 2.43. The fourth-order valence-electron chi connectivity index (χ4n) is 2.14. The van der Waals surface area contributed by atoms with Gasteiger partial charge in [-0.2, -0.15) is 0 Å². The van der Waals surface area contributed by atoms with Gasteiger partial charge >= 0.3 is 5.97 Å². The van der Waals surface area contributed by atoms with Crippen LogP contribution in [-0.4, -0.2) is 18.2 Å². The molecule has 0 atom stereocenters. The summed E-state index contributed by atoms with van der Waals surface area (Å²) < 4.78 is 4.77. The van der Waals surface area contributed by atoms with Crippen molar-refractivity contribution >= 4 is 11.7 Å². The molecule has 2 aromatic carbocycles. The molecule has 3 N–H and O–H groups in total. The molecule has 0 aliphatic carbocycles. The van der Waals surface area contributed by atoms with E-state index >= 15 is 0 Å². The van der Waals surface area contributed by atoms with Gasteiger partial charge in [0.2, 0.25) is 0 Å². The third kappa shape index (κ3) is 2.32. The van der Waals surface area contributed by atoms with E-state index in [2.05, 4.69) is 0 Å². The first kappa shape index (κ1) is 13.9. The molecule has 0 unspecified atom stereocenters. The third-order valence-corrected chi connectivity index (χ3v) is 3.40. The highest BCUT2D eigenvalue weighted by atomic mass is 16.5. The number of esters is 1. The van der Waals surface area contributed by atoms with Gasteiger partial charge in [-0.1, -0.05) is 18.2 Å². The van der Waals surface area contributed by atoms with E-state index in [0.717, 1.165) is 11.1 Å². The summed E-state index contributed by atoms with van der Waals surface area (Å²) in [5, 5.41) is 10.3. The maximum Gasteiger partial charge on any atom is 0.342 e. The highest BCUT2D eigenvalue weighted by Crippen LogP contribution is 2.35. The number of anilines is 1. The number of aryl methyl sites for hydroxylation is 1. The molecule has 104 valence electrons. The predicted molar refractivity (Wildman–Crippen MR) is 78.8 cm³/mol. The van der Waals surface area contributed by atoms with Crippen molar-refractivity contribution in [2.45, 2.75) is 13.8 Å². The Kier molecular flexibility index (Phi) is 3.66. The number of rotatable bonds is 2. The van der Waals surface area contributed by atoms with E-state index in [1.54, 1.807) is 25.1 Å². The second kappa shape index (κ2) is 5.25. The zero-order valence-electron chi connectivity index (χ0n) is 11.7. The molecule has 0 fully saturated rings. The molecule has 2 rings (SSSR count). The lowest BCUT2D eigenvalue weighted by Crippen LogP contribution is -2.06. The van der Waals surface area contributed by atoms with Crippen molar-refractivity contribution in [3.8, 4) is 16.9 Å². The first-order chi connectivity index (χ1) is 9.45. The normalized spacial score (nSPS) is 10.3. The second-order valence-corrected chi connectivity index (χ2v) is 4.71. The summed E-state index contributed by atoms with van der Waals surface area (Å²) in [5.74, 6) is -0.614. The molecular weight excluding hydrogens is 254 g/mol. The van der Waals surface area contributed by atoms with Gasteiger partial charge < -0.3 is 15.6 Å². The first-order valence-corrected chi connectivity index (χ1v) is 6.23. The van der Waals surface area contributed by atoms with Gasteiger partial charge in [0.1, 0.15) is 11.3 Å². The lowest BCUT2D eigenvalue weighted by Gasteiger charge is -2.14. The van der Waals surface area contributed by atoms with E-state index in [-0.39, 0.29) is 11.3 Å². The van der Waals surface area contributed by atoms with Crippen LogP contribution < -0.4 is 5.73 Å². The molecule has 0 bridgehead atoms. The largest absolute Gasteiger partial charge is 0.507 e. The molecule has 0 saturated heterocycles. The second-order valence-electron chi connectivity index (χ2n) is 4.71. The van der Waals surface area contributed by atoms with Crippen molar-refractivity contribution in [3.63, 3.8) is 0 Å². The van der Waals surface area contributed by atoms with Crippen molar-refractivity contribution in [1.29, 1.82) is 0 Å². The lowest BCUT2D eigenvalue weighted by molar-refractivity contribution is 0.0598. The van der Waals surface area contributed by atoms with Crippen molar-refractivity contribution in [3.05, 3.63) is 47.0 Å². The van der Waals surface area contributed by atoms with Crippen LogP contribution in [0, 0.1) is 13.8 Å². The minimum atomic E-state index is -0.567. The van der Waals surface area contributed by atoms with Crippen LogP contribution in [0.1, 0.15) is 21.5 Å². The number of benzene rings is 2. The van der Waals surface area contributed by atoms with Gasteiger partial charge in [-0.05, 0) is 42.7 Å². The number of hydrogen-bond acceptors (Lipinski definition) is 4. The van der Waals surface area contributed by atoms with Crippen LogP contribution in [0.3, 0.4) is 0 Å². The third-order valence-electron chi connectivity index (χ3n) is 3.40. The van der Waals surface area contributed by atoms with E-state index in [0.29, 0.717) is 16.8 Å². The molecule has 20 heavy (non-hydrogen) atoms. The number of carbonyl (C=O) groups is 1. The number of ether oxygens (including phenoxy) is 1. The zero-order chi connectivity index (χ0) is 14.9. The number of aromatic hydroxyl groups is 1. The van der Waals surface area contributed by atoms with E-state index < -0.39 is 5.97 Å². The summed E-state index contributed by atoms with van der Waals surface area (Å²) in [6, 6.07) is 9.03. The Hall–Kier alpha value is -2.49. The number of phenols is 1. The Bertz CT molecular complexity index is 678. The van der Waals surface area contributed by atoms with Crippen LogP contribution in [0.25, 0.3) is 11.1 Å². The highest BCUT2D eigenvalue weighted by molar-refractivity contribution is 6.01. The van der Waals surface area contributed by atoms with Crippen LogP contribution in [0.2, 0.25) is 0 Å². The fourth-order valence-corrected chi connectivity index (χ4v) is 2.14. The number of methoxy groups -OCH3 is 1. The minimum Gasteiger partial charge on any atom is -0.507 e. The molecule has 0 aliphatic rings. The van der Waals surface area contributed by atoms with Crippen molar-refractivity contribution < 1.29 is 14.6 Å². The Morgan fingerprint density at radius 1 is 1.25 bits per heavy atom. The summed E-state index contributed by atoms with van der Waals surface area (Å²) in [4.78, 5) is 12.0. The van der Waals surface area contributed by atoms with Crippen molar-refractivity contribution in [2.24, 2.45) is 0 Å². The van der Waals surface area contributed by atoms with Gasteiger partial charge in [0.25, 0.3) is 0 Å². The molecule has 0 aromatic heterocycles. The molecule has 4 nitrogen and oxygen atoms in total. The lowest BCUT2D eigenvalue weighted by atomic mass is 9.93. The van der Waals surface area contributed by atoms with Gasteiger partial charge in [0.05, 0.1) is 7.11 Å². The average molecular weight is 271 g/mol. The van der Waals surface area contributed by atoms with Crippen LogP contribution in [-0.2, 0) is 4.74 Å². The maximum absolute atomic E-state index is 12.0. The van der Waals surface area contributed by atoms with Crippen LogP contribution in [0.4, 0.5) is 5.69 Å². The molecule has 2 aromatic rings. The molecule has 0 heterocycles. The van der Waals surface area contributed by atoms with Gasteiger partial charge in [0, 0.05) is 11.3 Å². The summed E-state index contributed by atoms with van der Waals surface area (Å²) in [5.41, 5.74) is 9.49. The molecule has 0 amide bonds. The minimum absolute atomic E-state index is 0.0470. The molecular formula is C16H17NO3. The van der Waals surface area contributed by atoms with Gasteiger partial charge in [0.15, 0.2) is 0 Å². The van der Waals surface area contributed by atoms with Gasteiger partial charge in [-0.25, -0.2) is 4.79 Å². The van der Waals surface area contributed by atoms with E-state index in [1.165, 1.54) is 7.11 Å². The number of phenolic OH excluding ortho intramolecular Hbond substituents is 1. The van der Waals surface area contributed by atoms with Crippen molar-refractivity contribution in [1.82, 2.24) is 0 Å². The van der Waals surface area contributed by atoms with Crippen LogP contribution >= 0.6 is 0 Å². The first-order valence-electron chi connectivity index (χ1n) is 6.23. The highest BCUT2D eigenvalue weighted by Gasteiger charge is 2.21. The molecule has 0 radical (unpaired) electrons. The monoisotopic (exact) mass is 271 g/mol. The SMILES string of the molecule is COC(=O)c1c(-c2cccc(N)c2)cc(C)c(C)c1O. The number of nitrogen functional groups attached to an aromatic ring is 1. The van der Waals surface area contributed by atoms with E-state index in [9.17, 15) is 9.90 Å². The smallest absolute Gasteiger partial charge is 0.342 e. The maximum atomic E-state index is 12.0. The number of carbonyl (C=O) groups excluding carboxylic acids is 1. The Labute approximate surface area is 117 Å². The summed E-state index contributed by atoms with van der Waals surface area (Å²) in [6.07, 6.45) is 0. The van der Waals surface area contributed by atoms with Crippen LogP contribution in [0.5, 0.6) is 5.75 Å². The molecule has 0 spiro atoms. The van der Waals surface area contributed by atoms with E-state index in [1.807, 2.05) is 19.1 Å². The van der Waals surface area contributed by atoms with Crippen molar-refractivity contribution in [2.75, 3.05) is 12.8 Å². The van der Waals surface area contributed by atoms with Gasteiger partial charge in [-0.3, -0.25) is 0 Å². The molecule has 0 saturated carbocycles. The summed E-state index contributed by atoms with van der Waals surface area (Å²) in [7, 11) is 1.29. The Morgan fingerprint density at radius 2 is 1.95 bits per heavy atom. The summed E-state index contributed by atoms with van der Waals surface area (Å²) >= 11 is 0. The van der Waals surface area contributed by atoms with E-state index in [4.69, 9.17) is 10.5 Å². The molecule has 0 aliphatic heterocycles. The quantitative estimate of drug-likeness (QED) is 0.650. The van der Waals surface area contributed by atoms with Crippen LogP contribution in [0.15, 0.2) is 30.3 Å². The standard InChI is InChI=1S/C16H17NO3/c1-9-7-13(11-5-4-6-12(17)8-11)14(16(19)20-3)15(18)10(9)2/h4-8,18H,17H2,1-3H3. The van der Waals surface area contributed by atoms with Gasteiger partial charge in [-0.15, -0.1) is 0 Å². The Morgan fingerprint density at radius 3 is 2.55 bits per heavy atom. The molecule has 4 heteroatoms. The predicted octanol–water partition coefficient (Wildman–Crippen LogP) is 3.04. The number of nitrogens with two attached hydrogens (primary N) is 1. The fraction of sp³-hybridized carbons (Fsp3) is 0.188. The zero-order valence-corrected chi connectivity index (χ0v) is 11.7.